The van der Waals surface area contributed by atoms with E-state index in [1.807, 2.05) is 23.3 Å². The zero-order valence-corrected chi connectivity index (χ0v) is 18.0. The number of pyridine rings is 1. The molecule has 0 bridgehead atoms. The fraction of sp³-hybridized carbons (Fsp3) is 0.304. The smallest absolute Gasteiger partial charge is 0.257 e. The first-order chi connectivity index (χ1) is 15.0. The molecule has 1 N–H and O–H groups in total. The number of carbonyl (C=O) groups excluding carboxylic acids is 2. The van der Waals surface area contributed by atoms with Crippen LogP contribution in [0.3, 0.4) is 0 Å². The van der Waals surface area contributed by atoms with Crippen molar-refractivity contribution in [3.63, 3.8) is 0 Å². The van der Waals surface area contributed by atoms with Gasteiger partial charge in [0.15, 0.2) is 0 Å². The standard InChI is InChI=1S/C23H23FN4O2S/c1-15-26-20(14-31-15)12-22(29)28-10-8-16(9-11-28)21-7-2-17(13-25-21)23(30)27-19-5-3-18(24)4-6-19/h2-7,13-14,16H,8-12H2,1H3,(H,27,30). The van der Waals surface area contributed by atoms with Crippen molar-refractivity contribution in [3.05, 3.63) is 75.8 Å². The van der Waals surface area contributed by atoms with Gasteiger partial charge in [0, 0.05) is 42.0 Å². The summed E-state index contributed by atoms with van der Waals surface area (Å²) in [7, 11) is 0. The Kier molecular flexibility index (Phi) is 6.36. The first kappa shape index (κ1) is 21.1. The molecule has 0 saturated carbocycles. The number of rotatable bonds is 5. The zero-order valence-electron chi connectivity index (χ0n) is 17.2. The lowest BCUT2D eigenvalue weighted by atomic mass is 9.92. The largest absolute Gasteiger partial charge is 0.342 e. The van der Waals surface area contributed by atoms with Gasteiger partial charge in [0.25, 0.3) is 5.91 Å². The van der Waals surface area contributed by atoms with Gasteiger partial charge in [-0.05, 0) is 56.2 Å². The van der Waals surface area contributed by atoms with E-state index in [2.05, 4.69) is 15.3 Å². The summed E-state index contributed by atoms with van der Waals surface area (Å²) < 4.78 is 13.0. The molecule has 31 heavy (non-hydrogen) atoms. The number of halogens is 1. The highest BCUT2D eigenvalue weighted by Gasteiger charge is 2.25. The van der Waals surface area contributed by atoms with Crippen molar-refractivity contribution in [2.75, 3.05) is 18.4 Å². The lowest BCUT2D eigenvalue weighted by Gasteiger charge is -2.31. The predicted molar refractivity (Wildman–Crippen MR) is 118 cm³/mol. The first-order valence-electron chi connectivity index (χ1n) is 10.2. The monoisotopic (exact) mass is 438 g/mol. The van der Waals surface area contributed by atoms with E-state index in [9.17, 15) is 14.0 Å². The molecule has 0 spiro atoms. The Hall–Kier alpha value is -3.13. The second kappa shape index (κ2) is 9.34. The van der Waals surface area contributed by atoms with E-state index in [1.54, 1.807) is 23.6 Å². The third-order valence-electron chi connectivity index (χ3n) is 5.42. The van der Waals surface area contributed by atoms with Crippen LogP contribution < -0.4 is 5.32 Å². The number of nitrogens with zero attached hydrogens (tertiary/aromatic N) is 3. The van der Waals surface area contributed by atoms with Crippen molar-refractivity contribution >= 4 is 28.8 Å². The summed E-state index contributed by atoms with van der Waals surface area (Å²) in [5, 5.41) is 5.65. The van der Waals surface area contributed by atoms with Crippen molar-refractivity contribution in [1.82, 2.24) is 14.9 Å². The van der Waals surface area contributed by atoms with Crippen molar-refractivity contribution in [3.8, 4) is 0 Å². The van der Waals surface area contributed by atoms with E-state index < -0.39 is 0 Å². The van der Waals surface area contributed by atoms with Gasteiger partial charge in [-0.1, -0.05) is 0 Å². The van der Waals surface area contributed by atoms with Crippen molar-refractivity contribution in [2.24, 2.45) is 0 Å². The van der Waals surface area contributed by atoms with E-state index in [4.69, 9.17) is 0 Å². The van der Waals surface area contributed by atoms with Gasteiger partial charge in [-0.15, -0.1) is 11.3 Å². The van der Waals surface area contributed by atoms with Crippen LogP contribution >= 0.6 is 11.3 Å². The summed E-state index contributed by atoms with van der Waals surface area (Å²) in [5.74, 6) is -0.261. The summed E-state index contributed by atoms with van der Waals surface area (Å²) in [5.41, 5.74) is 2.74. The fourth-order valence-electron chi connectivity index (χ4n) is 3.70. The van der Waals surface area contributed by atoms with E-state index in [-0.39, 0.29) is 23.5 Å². The average molecular weight is 439 g/mol. The van der Waals surface area contributed by atoms with Crippen LogP contribution in [0.15, 0.2) is 48.0 Å². The van der Waals surface area contributed by atoms with Crippen LogP contribution in [0.1, 0.15) is 45.5 Å². The molecule has 1 fully saturated rings. The molecule has 0 radical (unpaired) electrons. The maximum absolute atomic E-state index is 13.0. The Balaban J connectivity index is 1.30. The molecule has 2 aromatic heterocycles. The van der Waals surface area contributed by atoms with Crippen LogP contribution in [0.5, 0.6) is 0 Å². The third-order valence-corrected chi connectivity index (χ3v) is 6.24. The Labute approximate surface area is 184 Å². The molecule has 1 aliphatic heterocycles. The minimum Gasteiger partial charge on any atom is -0.342 e. The van der Waals surface area contributed by atoms with Crippen LogP contribution in [0, 0.1) is 12.7 Å². The molecule has 1 saturated heterocycles. The molecule has 6 nitrogen and oxygen atoms in total. The predicted octanol–water partition coefficient (Wildman–Crippen LogP) is 4.19. The quantitative estimate of drug-likeness (QED) is 0.648. The number of hydrogen-bond donors (Lipinski definition) is 1. The van der Waals surface area contributed by atoms with E-state index in [0.717, 1.165) is 29.2 Å². The number of amides is 2. The highest BCUT2D eigenvalue weighted by Crippen LogP contribution is 2.27. The van der Waals surface area contributed by atoms with Gasteiger partial charge in [0.1, 0.15) is 5.82 Å². The number of benzene rings is 1. The summed E-state index contributed by atoms with van der Waals surface area (Å²) in [6, 6.07) is 9.25. The van der Waals surface area contributed by atoms with Gasteiger partial charge in [0.05, 0.1) is 22.7 Å². The van der Waals surface area contributed by atoms with Crippen LogP contribution in [0.2, 0.25) is 0 Å². The van der Waals surface area contributed by atoms with Crippen LogP contribution in [0.4, 0.5) is 10.1 Å². The second-order valence-electron chi connectivity index (χ2n) is 7.62. The van der Waals surface area contributed by atoms with Gasteiger partial charge in [0.2, 0.25) is 5.91 Å². The minimum atomic E-state index is -0.352. The zero-order chi connectivity index (χ0) is 21.8. The highest BCUT2D eigenvalue weighted by molar-refractivity contribution is 7.09. The van der Waals surface area contributed by atoms with E-state index in [1.165, 1.54) is 24.3 Å². The summed E-state index contributed by atoms with van der Waals surface area (Å²) in [6.45, 7) is 3.33. The van der Waals surface area contributed by atoms with Crippen molar-refractivity contribution in [2.45, 2.75) is 32.1 Å². The van der Waals surface area contributed by atoms with Crippen molar-refractivity contribution < 1.29 is 14.0 Å². The number of aromatic nitrogens is 2. The Morgan fingerprint density at radius 3 is 2.52 bits per heavy atom. The minimum absolute atomic E-state index is 0.115. The number of thiazole rings is 1. The summed E-state index contributed by atoms with van der Waals surface area (Å²) in [6.07, 6.45) is 3.60. The Morgan fingerprint density at radius 2 is 1.90 bits per heavy atom. The number of piperidine rings is 1. The van der Waals surface area contributed by atoms with Crippen LogP contribution in [-0.2, 0) is 11.2 Å². The summed E-state index contributed by atoms with van der Waals surface area (Å²) in [4.78, 5) is 35.6. The van der Waals surface area contributed by atoms with Crippen molar-refractivity contribution in [1.29, 1.82) is 0 Å². The van der Waals surface area contributed by atoms with Gasteiger partial charge < -0.3 is 10.2 Å². The molecule has 1 aromatic carbocycles. The average Bonchev–Trinajstić information content (AvgIpc) is 3.20. The molecule has 3 aromatic rings. The normalized spacial score (nSPS) is 14.5. The molecule has 160 valence electrons. The molecule has 2 amide bonds. The topological polar surface area (TPSA) is 75.2 Å². The molecule has 3 heterocycles. The number of anilines is 1. The number of carbonyl (C=O) groups is 2. The molecule has 0 aliphatic carbocycles. The van der Waals surface area contributed by atoms with Crippen LogP contribution in [0.25, 0.3) is 0 Å². The molecule has 0 atom stereocenters. The molecular weight excluding hydrogens is 415 g/mol. The number of aryl methyl sites for hydroxylation is 1. The maximum atomic E-state index is 13.0. The van der Waals surface area contributed by atoms with E-state index in [0.29, 0.717) is 30.8 Å². The number of likely N-dealkylation sites (tertiary alicyclic amines) is 1. The molecule has 1 aliphatic rings. The lowest BCUT2D eigenvalue weighted by Crippen LogP contribution is -2.39. The second-order valence-corrected chi connectivity index (χ2v) is 8.68. The Morgan fingerprint density at radius 1 is 1.16 bits per heavy atom. The first-order valence-corrected chi connectivity index (χ1v) is 11.1. The number of nitrogens with one attached hydrogen (secondary N) is 1. The van der Waals surface area contributed by atoms with Gasteiger partial charge >= 0.3 is 0 Å². The van der Waals surface area contributed by atoms with Gasteiger partial charge in [-0.2, -0.15) is 0 Å². The fourth-order valence-corrected chi connectivity index (χ4v) is 4.31. The molecule has 4 rings (SSSR count). The summed E-state index contributed by atoms with van der Waals surface area (Å²) >= 11 is 1.56. The van der Waals surface area contributed by atoms with Crippen LogP contribution in [-0.4, -0.2) is 39.8 Å². The lowest BCUT2D eigenvalue weighted by molar-refractivity contribution is -0.131. The maximum Gasteiger partial charge on any atom is 0.257 e. The molecular formula is C23H23FN4O2S. The molecule has 0 unspecified atom stereocenters. The number of hydrogen-bond acceptors (Lipinski definition) is 5. The van der Waals surface area contributed by atoms with E-state index >= 15 is 0 Å². The highest BCUT2D eigenvalue weighted by atomic mass is 32.1. The third kappa shape index (κ3) is 5.32. The Bertz CT molecular complexity index is 1060. The van der Waals surface area contributed by atoms with Gasteiger partial charge in [-0.3, -0.25) is 14.6 Å². The SMILES string of the molecule is Cc1nc(CC(=O)N2CCC(c3ccc(C(=O)Nc4ccc(F)cc4)cn3)CC2)cs1. The van der Waals surface area contributed by atoms with Gasteiger partial charge in [-0.25, -0.2) is 9.37 Å². The molecule has 8 heteroatoms.